The van der Waals surface area contributed by atoms with Crippen molar-refractivity contribution in [3.05, 3.63) is 387 Å². The number of ether oxygens (including phenoxy) is 1. The largest absolute Gasteiger partial charge is 0.497 e. The number of carbonyl (C=O) groups is 3. The number of Topliss-reactive ketones (excluding diaryl/α,β-unsaturated/α-hetero) is 3. The van der Waals surface area contributed by atoms with E-state index >= 15 is 0 Å². The van der Waals surface area contributed by atoms with Gasteiger partial charge in [-0.3, -0.25) is 14.4 Å². The average molecular weight is 1920 g/mol. The van der Waals surface area contributed by atoms with Crippen molar-refractivity contribution >= 4 is 76.4 Å². The number of methoxy groups -OCH3 is 1. The molecular formula is C113H118O16S6. The van der Waals surface area contributed by atoms with Crippen molar-refractivity contribution in [1.29, 1.82) is 0 Å². The monoisotopic (exact) mass is 1920 g/mol. The van der Waals surface area contributed by atoms with Crippen LogP contribution in [0.4, 0.5) is 0 Å². The summed E-state index contributed by atoms with van der Waals surface area (Å²) in [7, 11) is -21.7. The van der Waals surface area contributed by atoms with E-state index in [9.17, 15) is 64.9 Å². The van der Waals surface area contributed by atoms with Gasteiger partial charge >= 0.3 is 0 Å². The van der Waals surface area contributed by atoms with Crippen LogP contribution in [0.2, 0.25) is 0 Å². The predicted octanol–water partition coefficient (Wildman–Crippen LogP) is 21.8. The lowest BCUT2D eigenvalue weighted by Crippen LogP contribution is -2.53. The van der Waals surface area contributed by atoms with Gasteiger partial charge in [-0.2, -0.15) is 0 Å². The van der Waals surface area contributed by atoms with Gasteiger partial charge in [0.15, 0.2) is 59.0 Å². The first-order valence-electron chi connectivity index (χ1n) is 46.7. The van der Waals surface area contributed by atoms with Crippen molar-refractivity contribution < 1.29 is 69.6 Å². The molecule has 16 nitrogen and oxygen atoms in total. The number of rotatable bonds is 20. The molecule has 0 saturated heterocycles. The maximum atomic E-state index is 14.8. The molecule has 0 heterocycles. The van der Waals surface area contributed by atoms with Crippen LogP contribution >= 0.6 is 0 Å². The van der Waals surface area contributed by atoms with E-state index in [-0.39, 0.29) is 105 Å². The molecule has 6 saturated carbocycles. The first-order valence-corrected chi connectivity index (χ1v) is 56.0. The Balaban J connectivity index is 0.000000147. The van der Waals surface area contributed by atoms with E-state index in [2.05, 4.69) is 6.92 Å². The quantitative estimate of drug-likeness (QED) is 0.0686. The fraction of sp³-hybridized carbons (Fsp3) is 0.336. The summed E-state index contributed by atoms with van der Waals surface area (Å²) in [5, 5.41) is -5.23. The molecule has 18 rings (SSSR count). The molecule has 135 heavy (non-hydrogen) atoms. The third kappa shape index (κ3) is 19.9. The molecule has 6 fully saturated rings. The van der Waals surface area contributed by atoms with Gasteiger partial charge in [-0.1, -0.05) is 270 Å². The van der Waals surface area contributed by atoms with Gasteiger partial charge in [-0.25, -0.2) is 50.5 Å². The van der Waals surface area contributed by atoms with Gasteiger partial charge in [-0.05, 0) is 242 Å². The van der Waals surface area contributed by atoms with Crippen LogP contribution in [0.5, 0.6) is 5.75 Å². The van der Waals surface area contributed by atoms with E-state index in [1.807, 2.05) is 207 Å². The molecule has 6 unspecified atom stereocenters. The van der Waals surface area contributed by atoms with Crippen LogP contribution in [0.3, 0.4) is 0 Å². The maximum absolute atomic E-state index is 14.8. The van der Waals surface area contributed by atoms with Gasteiger partial charge in [0.25, 0.3) is 0 Å². The van der Waals surface area contributed by atoms with E-state index in [0.717, 1.165) is 89.9 Å². The molecule has 18 atom stereocenters. The Morgan fingerprint density at radius 3 is 0.689 bits per heavy atom. The Labute approximate surface area is 797 Å². The minimum Gasteiger partial charge on any atom is -0.497 e. The summed E-state index contributed by atoms with van der Waals surface area (Å²) in [6, 6.07) is 91.1. The Morgan fingerprint density at radius 1 is 0.230 bits per heavy atom. The summed E-state index contributed by atoms with van der Waals surface area (Å²) in [5.74, 6) is -6.31. The smallest absolute Gasteiger partial charge is 0.182 e. The number of aryl methyl sites for hydroxylation is 9. The molecule has 0 spiro atoms. The highest BCUT2D eigenvalue weighted by molar-refractivity contribution is 7.93. The van der Waals surface area contributed by atoms with Crippen LogP contribution < -0.4 is 4.74 Å². The van der Waals surface area contributed by atoms with Crippen molar-refractivity contribution in [1.82, 2.24) is 0 Å². The number of sulfone groups is 6. The third-order valence-corrected chi connectivity index (χ3v) is 43.8. The van der Waals surface area contributed by atoms with Gasteiger partial charge in [0, 0.05) is 72.5 Å². The van der Waals surface area contributed by atoms with E-state index in [0.29, 0.717) is 5.75 Å². The van der Waals surface area contributed by atoms with Crippen LogP contribution in [0.25, 0.3) is 0 Å². The highest BCUT2D eigenvalue weighted by Crippen LogP contribution is 2.59. The second kappa shape index (κ2) is 39.7. The molecule has 22 heteroatoms. The highest BCUT2D eigenvalue weighted by atomic mass is 32.2. The first kappa shape index (κ1) is 97.2. The number of benzene rings is 12. The van der Waals surface area contributed by atoms with Crippen molar-refractivity contribution in [2.75, 3.05) is 7.11 Å². The number of carbonyl (C=O) groups excluding carboxylic acids is 3. The molecule has 0 amide bonds. The lowest BCUT2D eigenvalue weighted by atomic mass is 9.61. The fourth-order valence-electron chi connectivity index (χ4n) is 22.7. The topological polar surface area (TPSA) is 265 Å². The van der Waals surface area contributed by atoms with Gasteiger partial charge in [0.2, 0.25) is 0 Å². The number of ketones is 3. The summed E-state index contributed by atoms with van der Waals surface area (Å²) in [6.45, 7) is 17.6. The van der Waals surface area contributed by atoms with Gasteiger partial charge < -0.3 is 4.74 Å². The molecule has 702 valence electrons. The zero-order valence-electron chi connectivity index (χ0n) is 77.8. The minimum atomic E-state index is -3.92. The Hall–Kier alpha value is -10.9. The van der Waals surface area contributed by atoms with E-state index in [4.69, 9.17) is 4.74 Å². The van der Waals surface area contributed by atoms with E-state index < -0.39 is 162 Å². The molecular weight excluding hydrogens is 1810 g/mol. The summed E-state index contributed by atoms with van der Waals surface area (Å²) >= 11 is 0. The lowest BCUT2D eigenvalue weighted by Gasteiger charge is -2.48. The summed E-state index contributed by atoms with van der Waals surface area (Å²) < 4.78 is 179. The predicted molar refractivity (Wildman–Crippen MR) is 531 cm³/mol. The molecule has 6 aliphatic carbocycles. The lowest BCUT2D eigenvalue weighted by molar-refractivity contribution is -0.129. The van der Waals surface area contributed by atoms with Crippen molar-refractivity contribution in [3.8, 4) is 5.75 Å². The Bertz CT molecular complexity index is 7030. The van der Waals surface area contributed by atoms with Crippen molar-refractivity contribution in [3.63, 3.8) is 0 Å². The number of fused-ring (bicyclic) bond motifs is 3. The molecule has 0 aliphatic heterocycles. The average Bonchev–Trinajstić information content (AvgIpc) is 0.727. The molecule has 0 bridgehead atoms. The molecule has 6 aliphatic rings. The van der Waals surface area contributed by atoms with Crippen LogP contribution in [-0.4, -0.2) is 106 Å². The Kier molecular flexibility index (Phi) is 28.6. The van der Waals surface area contributed by atoms with Crippen LogP contribution in [0.1, 0.15) is 184 Å². The zero-order chi connectivity index (χ0) is 96.0. The van der Waals surface area contributed by atoms with Gasteiger partial charge in [0.1, 0.15) is 23.1 Å². The third-order valence-electron chi connectivity index (χ3n) is 30.1. The van der Waals surface area contributed by atoms with Crippen LogP contribution in [0.15, 0.2) is 333 Å². The number of hydrogen-bond acceptors (Lipinski definition) is 16. The summed E-state index contributed by atoms with van der Waals surface area (Å²) in [5.41, 5.74) is 14.1. The van der Waals surface area contributed by atoms with Gasteiger partial charge in [0.05, 0.1) is 68.0 Å². The first-order chi connectivity index (χ1) is 64.4. The summed E-state index contributed by atoms with van der Waals surface area (Å²) in [4.78, 5) is 43.6. The van der Waals surface area contributed by atoms with Crippen LogP contribution in [0, 0.1) is 90.9 Å². The summed E-state index contributed by atoms with van der Waals surface area (Å²) in [6.07, 6.45) is 2.11. The van der Waals surface area contributed by atoms with Crippen molar-refractivity contribution in [2.45, 2.75) is 223 Å². The zero-order valence-corrected chi connectivity index (χ0v) is 82.7. The number of hydrogen-bond donors (Lipinski definition) is 0. The standard InChI is InChI=1S/C39H42O5S2.C38H40O5S2.C36H36O6S2/c1-5-28-12-16-30(17-13-28)34-23-37(40)35-24-38(45(41,42)31-18-8-26(3)9-19-31)33(29-14-6-25(2)7-15-29)22-36(35)39(34)46(43,44)32-20-10-27(4)11-21-32;1-24-5-13-28(14-6-24)32-21-35-34(23-37(32)44(40,41)30-17-9-26(3)10-18-30)36(39)22-33(29-15-7-25(2)8-16-29)38(35)45(42,43)31-19-11-27(4)12-20-31;1-24-13-19-29(20-14-24)43(38,39)35-23-32-33(21-30(35)25-9-5-3-6-10-25)36(44(40,41)28-11-7-4-8-12-28)31(22-34(32)37)26-15-17-27(42-2)18-16-26/h6-21,33-36,38-39H,5,22-24H2,1-4H3;5-20,32-35,37-38H,21-23H2,1-4H3;3-20,30-33,35-36H,21-23H2,1-2H3/t33-,34-,35+,36-,38?,39?;32-,33-,34+,35-,37?,38?;30-,31-,32+,33-,35?,36?/m000/s1. The van der Waals surface area contributed by atoms with Crippen LogP contribution in [-0.2, 0) is 79.8 Å². The van der Waals surface area contributed by atoms with E-state index in [1.165, 1.54) is 0 Å². The highest BCUT2D eigenvalue weighted by Gasteiger charge is 2.61. The second-order valence-corrected chi connectivity index (χ2v) is 51.4. The second-order valence-electron chi connectivity index (χ2n) is 38.5. The van der Waals surface area contributed by atoms with E-state index in [1.54, 1.807) is 159 Å². The van der Waals surface area contributed by atoms with Gasteiger partial charge in [-0.15, -0.1) is 0 Å². The molecule has 12 aromatic carbocycles. The molecule has 0 radical (unpaired) electrons. The minimum absolute atomic E-state index is 0.0253. The molecule has 0 aromatic heterocycles. The normalized spacial score (nSPS) is 25.4. The maximum Gasteiger partial charge on any atom is 0.182 e. The molecule has 0 N–H and O–H groups in total. The fourth-order valence-corrected chi connectivity index (χ4v) is 35.7. The SMILES string of the molecule is CCc1ccc([C@@H]2CC(=O)[C@@H]3CC(S(=O)(=O)c4ccc(C)cc4)[C@H](c4ccc(C)cc4)C[C@@H]3C2S(=O)(=O)c2ccc(C)cc2)cc1.COc1ccc([C@@H]2CC(=O)[C@@H]3CC(S(=O)(=O)c4ccc(C)cc4)[C@H](c4ccccc4)C[C@@H]3C2S(=O)(=O)c2ccccc2)cc1.Cc1ccc([C@@H]2C[C@@H]3C(S(=O)(=O)c4ccc(C)cc4)[C@H](c4ccc(C)cc4)CC(=O)[C@@H]3CC2S(=O)(=O)c2ccc(C)cc2)cc1. The Morgan fingerprint density at radius 2 is 0.437 bits per heavy atom. The molecule has 12 aromatic rings. The van der Waals surface area contributed by atoms with Crippen molar-refractivity contribution in [2.24, 2.45) is 35.5 Å².